The molecular weight excluding hydrogens is 364 g/mol. The van der Waals surface area contributed by atoms with E-state index in [1.165, 1.54) is 4.31 Å². The maximum Gasteiger partial charge on any atom is 0.313 e. The number of nitrogens with zero attached hydrogens (tertiary/aromatic N) is 1. The third kappa shape index (κ3) is 5.72. The van der Waals surface area contributed by atoms with Gasteiger partial charge in [0.15, 0.2) is 0 Å². The summed E-state index contributed by atoms with van der Waals surface area (Å²) in [5.41, 5.74) is 0.532. The smallest absolute Gasteiger partial charge is 0.313 e. The largest absolute Gasteiger partial charge is 0.481 e. The molecule has 1 aliphatic rings. The summed E-state index contributed by atoms with van der Waals surface area (Å²) in [6.07, 6.45) is 2.76. The molecule has 2 rings (SSSR count). The zero-order valence-corrected chi connectivity index (χ0v) is 15.4. The average molecular weight is 386 g/mol. The molecule has 1 saturated heterocycles. The molecular formula is C16H22N2O5S2. The molecule has 0 bridgehead atoms. The van der Waals surface area contributed by atoms with Gasteiger partial charge in [-0.25, -0.2) is 8.42 Å². The number of benzene rings is 1. The summed E-state index contributed by atoms with van der Waals surface area (Å²) in [4.78, 5) is 22.4. The van der Waals surface area contributed by atoms with E-state index in [1.54, 1.807) is 24.3 Å². The van der Waals surface area contributed by atoms with Gasteiger partial charge in [-0.1, -0.05) is 24.6 Å². The minimum absolute atomic E-state index is 0.0212. The minimum atomic E-state index is -3.57. The summed E-state index contributed by atoms with van der Waals surface area (Å²) in [6.45, 7) is 1.14. The topological polar surface area (TPSA) is 104 Å². The Hall–Kier alpha value is -1.58. The van der Waals surface area contributed by atoms with Crippen molar-refractivity contribution in [2.75, 3.05) is 24.6 Å². The van der Waals surface area contributed by atoms with Crippen molar-refractivity contribution < 1.29 is 23.1 Å². The zero-order chi connectivity index (χ0) is 18.3. The number of carboxylic acid groups (broad SMARTS) is 1. The van der Waals surface area contributed by atoms with Gasteiger partial charge in [0.1, 0.15) is 0 Å². The number of carbonyl (C=O) groups excluding carboxylic acids is 1. The van der Waals surface area contributed by atoms with E-state index in [1.807, 2.05) is 0 Å². The molecule has 25 heavy (non-hydrogen) atoms. The average Bonchev–Trinajstić information content (AvgIpc) is 2.60. The number of carboxylic acids is 1. The van der Waals surface area contributed by atoms with Gasteiger partial charge in [-0.15, -0.1) is 11.8 Å². The molecule has 1 aliphatic heterocycles. The maximum absolute atomic E-state index is 12.8. The molecule has 9 heteroatoms. The van der Waals surface area contributed by atoms with E-state index in [9.17, 15) is 18.0 Å². The molecule has 1 amide bonds. The predicted molar refractivity (Wildman–Crippen MR) is 95.9 cm³/mol. The molecule has 0 atom stereocenters. The van der Waals surface area contributed by atoms with Crippen LogP contribution in [0.25, 0.3) is 0 Å². The highest BCUT2D eigenvalue weighted by molar-refractivity contribution is 8.00. The lowest BCUT2D eigenvalue weighted by Crippen LogP contribution is -2.36. The second-order valence-corrected chi connectivity index (χ2v) is 8.63. The molecule has 1 aromatic rings. The minimum Gasteiger partial charge on any atom is -0.481 e. The first-order valence-electron chi connectivity index (χ1n) is 8.05. The molecule has 0 aromatic heterocycles. The van der Waals surface area contributed by atoms with Crippen LogP contribution < -0.4 is 5.32 Å². The van der Waals surface area contributed by atoms with Gasteiger partial charge in [-0.05, 0) is 24.5 Å². The summed E-state index contributed by atoms with van der Waals surface area (Å²) in [6, 6.07) is 6.65. The lowest BCUT2D eigenvalue weighted by Gasteiger charge is -2.26. The Balaban J connectivity index is 2.02. The highest BCUT2D eigenvalue weighted by Gasteiger charge is 2.27. The number of rotatable bonds is 8. The molecule has 0 spiro atoms. The van der Waals surface area contributed by atoms with Crippen LogP contribution in [0.15, 0.2) is 29.2 Å². The Kier molecular flexibility index (Phi) is 7.27. The number of nitrogens with one attached hydrogen (secondary N) is 1. The molecule has 2 N–H and O–H groups in total. The quantitative estimate of drug-likeness (QED) is 0.698. The van der Waals surface area contributed by atoms with Crippen molar-refractivity contribution in [3.63, 3.8) is 0 Å². The number of sulfonamides is 1. The summed E-state index contributed by atoms with van der Waals surface area (Å²) >= 11 is 0.999. The second kappa shape index (κ2) is 9.21. The van der Waals surface area contributed by atoms with E-state index in [0.29, 0.717) is 18.7 Å². The van der Waals surface area contributed by atoms with Gasteiger partial charge in [0.2, 0.25) is 15.9 Å². The second-order valence-electron chi connectivity index (χ2n) is 5.74. The summed E-state index contributed by atoms with van der Waals surface area (Å²) < 4.78 is 27.2. The SMILES string of the molecule is O=C(O)CSCC(=O)NCc1ccccc1S(=O)(=O)N1CCCCC1. The van der Waals surface area contributed by atoms with Gasteiger partial charge in [0.25, 0.3) is 0 Å². The molecule has 0 aliphatic carbocycles. The molecule has 0 unspecified atom stereocenters. The first-order valence-corrected chi connectivity index (χ1v) is 10.6. The highest BCUT2D eigenvalue weighted by Crippen LogP contribution is 2.23. The number of hydrogen-bond donors (Lipinski definition) is 2. The highest BCUT2D eigenvalue weighted by atomic mass is 32.2. The van der Waals surface area contributed by atoms with Gasteiger partial charge in [0, 0.05) is 19.6 Å². The van der Waals surface area contributed by atoms with Gasteiger partial charge < -0.3 is 10.4 Å². The monoisotopic (exact) mass is 386 g/mol. The fourth-order valence-corrected chi connectivity index (χ4v) is 4.93. The molecule has 138 valence electrons. The van der Waals surface area contributed by atoms with Crippen LogP contribution in [0.5, 0.6) is 0 Å². The Morgan fingerprint density at radius 2 is 1.80 bits per heavy atom. The van der Waals surface area contributed by atoms with Crippen LogP contribution in [-0.4, -0.2) is 54.3 Å². The van der Waals surface area contributed by atoms with Gasteiger partial charge in [0.05, 0.1) is 16.4 Å². The van der Waals surface area contributed by atoms with Crippen molar-refractivity contribution in [1.29, 1.82) is 0 Å². The molecule has 1 aromatic carbocycles. The number of thioether (sulfide) groups is 1. The predicted octanol–water partition coefficient (Wildman–Crippen LogP) is 1.30. The normalized spacial score (nSPS) is 15.7. The molecule has 1 fully saturated rings. The Bertz CT molecular complexity index is 715. The fraction of sp³-hybridized carbons (Fsp3) is 0.500. The van der Waals surface area contributed by atoms with E-state index < -0.39 is 16.0 Å². The van der Waals surface area contributed by atoms with Crippen molar-refractivity contribution in [2.45, 2.75) is 30.7 Å². The van der Waals surface area contributed by atoms with Crippen LogP contribution in [0.3, 0.4) is 0 Å². The summed E-state index contributed by atoms with van der Waals surface area (Å²) in [7, 11) is -3.57. The number of carbonyl (C=O) groups is 2. The van der Waals surface area contributed by atoms with Crippen LogP contribution in [0.1, 0.15) is 24.8 Å². The van der Waals surface area contributed by atoms with Crippen LogP contribution in [-0.2, 0) is 26.2 Å². The Morgan fingerprint density at radius 1 is 1.12 bits per heavy atom. The van der Waals surface area contributed by atoms with E-state index in [4.69, 9.17) is 5.11 Å². The maximum atomic E-state index is 12.8. The Morgan fingerprint density at radius 3 is 2.48 bits per heavy atom. The standard InChI is InChI=1S/C16H22N2O5S2/c19-15(11-24-12-16(20)21)17-10-13-6-2-3-7-14(13)25(22,23)18-8-4-1-5-9-18/h2-3,6-7H,1,4-5,8-12H2,(H,17,19)(H,20,21). The first-order chi connectivity index (χ1) is 11.9. The van der Waals surface area contributed by atoms with Gasteiger partial charge >= 0.3 is 5.97 Å². The van der Waals surface area contributed by atoms with E-state index in [2.05, 4.69) is 5.32 Å². The molecule has 1 heterocycles. The van der Waals surface area contributed by atoms with Crippen LogP contribution in [0.4, 0.5) is 0 Å². The zero-order valence-electron chi connectivity index (χ0n) is 13.8. The van der Waals surface area contributed by atoms with Gasteiger partial charge in [-0.2, -0.15) is 4.31 Å². The number of amides is 1. The first kappa shape index (κ1) is 19.7. The molecule has 0 saturated carbocycles. The van der Waals surface area contributed by atoms with Crippen LogP contribution in [0.2, 0.25) is 0 Å². The van der Waals surface area contributed by atoms with E-state index >= 15 is 0 Å². The molecule has 7 nitrogen and oxygen atoms in total. The van der Waals surface area contributed by atoms with E-state index in [-0.39, 0.29) is 28.9 Å². The van der Waals surface area contributed by atoms with Crippen LogP contribution in [0, 0.1) is 0 Å². The lowest BCUT2D eigenvalue weighted by molar-refractivity contribution is -0.133. The third-order valence-corrected chi connectivity index (χ3v) is 6.76. The summed E-state index contributed by atoms with van der Waals surface area (Å²) in [5.74, 6) is -1.42. The van der Waals surface area contributed by atoms with E-state index in [0.717, 1.165) is 31.0 Å². The van der Waals surface area contributed by atoms with Crippen molar-refractivity contribution >= 4 is 33.7 Å². The lowest BCUT2D eigenvalue weighted by atomic mass is 10.2. The number of aliphatic carboxylic acids is 1. The van der Waals surface area contributed by atoms with Gasteiger partial charge in [-0.3, -0.25) is 9.59 Å². The fourth-order valence-electron chi connectivity index (χ4n) is 2.62. The third-order valence-electron chi connectivity index (χ3n) is 3.84. The van der Waals surface area contributed by atoms with Crippen molar-refractivity contribution in [3.8, 4) is 0 Å². The number of piperidine rings is 1. The van der Waals surface area contributed by atoms with Crippen molar-refractivity contribution in [2.24, 2.45) is 0 Å². The summed E-state index contributed by atoms with van der Waals surface area (Å²) in [5, 5.41) is 11.2. The van der Waals surface area contributed by atoms with Crippen molar-refractivity contribution in [1.82, 2.24) is 9.62 Å². The number of hydrogen-bond acceptors (Lipinski definition) is 5. The Labute approximate surface area is 151 Å². The van der Waals surface area contributed by atoms with Crippen LogP contribution >= 0.6 is 11.8 Å². The van der Waals surface area contributed by atoms with Crippen molar-refractivity contribution in [3.05, 3.63) is 29.8 Å². The molecule has 0 radical (unpaired) electrons.